The summed E-state index contributed by atoms with van der Waals surface area (Å²) in [6, 6.07) is 8.31. The van der Waals surface area contributed by atoms with E-state index in [1.54, 1.807) is 0 Å². The van der Waals surface area contributed by atoms with E-state index in [1.165, 1.54) is 11.3 Å². The third-order valence-electron chi connectivity index (χ3n) is 3.91. The highest BCUT2D eigenvalue weighted by molar-refractivity contribution is 5.89. The fourth-order valence-electron chi connectivity index (χ4n) is 3.20. The Balaban J connectivity index is 2.00. The smallest absolute Gasteiger partial charge is 0.332 e. The van der Waals surface area contributed by atoms with Crippen molar-refractivity contribution in [2.24, 2.45) is 0 Å². The van der Waals surface area contributed by atoms with E-state index in [0.717, 1.165) is 25.8 Å². The quantitative estimate of drug-likeness (QED) is 0.730. The first-order valence-corrected chi connectivity index (χ1v) is 6.31. The van der Waals surface area contributed by atoms with Crippen LogP contribution in [0.1, 0.15) is 25.3 Å². The molecule has 0 aliphatic carbocycles. The van der Waals surface area contributed by atoms with Gasteiger partial charge in [-0.25, -0.2) is 4.79 Å². The molecule has 1 aromatic rings. The lowest BCUT2D eigenvalue weighted by Crippen LogP contribution is -2.49. The minimum atomic E-state index is -0.403. The van der Waals surface area contributed by atoms with Crippen molar-refractivity contribution in [1.82, 2.24) is 0 Å². The van der Waals surface area contributed by atoms with E-state index < -0.39 is 5.54 Å². The van der Waals surface area contributed by atoms with Gasteiger partial charge in [-0.15, -0.1) is 0 Å². The first-order chi connectivity index (χ1) is 8.28. The summed E-state index contributed by atoms with van der Waals surface area (Å²) in [6.07, 6.45) is 2.80. The average molecular weight is 231 g/mol. The van der Waals surface area contributed by atoms with Gasteiger partial charge in [0.15, 0.2) is 0 Å². The predicted molar refractivity (Wildman–Crippen MR) is 66.1 cm³/mol. The summed E-state index contributed by atoms with van der Waals surface area (Å²) in [7, 11) is 0. The molecule has 3 heteroatoms. The van der Waals surface area contributed by atoms with E-state index >= 15 is 0 Å². The van der Waals surface area contributed by atoms with Crippen LogP contribution in [-0.4, -0.2) is 24.7 Å². The predicted octanol–water partition coefficient (Wildman–Crippen LogP) is 2.14. The molecule has 3 nitrogen and oxygen atoms in total. The first-order valence-electron chi connectivity index (χ1n) is 6.31. The fraction of sp³-hybridized carbons (Fsp3) is 0.500. The Bertz CT molecular complexity index is 457. The number of rotatable bonds is 2. The van der Waals surface area contributed by atoms with Crippen LogP contribution in [0.25, 0.3) is 0 Å². The molecule has 1 unspecified atom stereocenters. The van der Waals surface area contributed by atoms with Crippen LogP contribution >= 0.6 is 0 Å². The van der Waals surface area contributed by atoms with Crippen LogP contribution < -0.4 is 4.90 Å². The normalized spacial score (nSPS) is 25.6. The zero-order valence-corrected chi connectivity index (χ0v) is 10.1. The second-order valence-electron chi connectivity index (χ2n) is 4.81. The molecule has 1 atom stereocenters. The van der Waals surface area contributed by atoms with Crippen LogP contribution in [0.4, 0.5) is 5.69 Å². The highest BCUT2D eigenvalue weighted by atomic mass is 16.5. The minimum Gasteiger partial charge on any atom is -0.464 e. The highest BCUT2D eigenvalue weighted by Gasteiger charge is 2.53. The average Bonchev–Trinajstić information content (AvgIpc) is 2.86. The molecule has 0 spiro atoms. The molecule has 1 saturated heterocycles. The summed E-state index contributed by atoms with van der Waals surface area (Å²) in [5.74, 6) is -0.0475. The van der Waals surface area contributed by atoms with Crippen LogP contribution in [0.3, 0.4) is 0 Å². The van der Waals surface area contributed by atoms with Crippen molar-refractivity contribution in [2.45, 2.75) is 31.7 Å². The van der Waals surface area contributed by atoms with Crippen LogP contribution in [-0.2, 0) is 16.0 Å². The van der Waals surface area contributed by atoms with Crippen LogP contribution in [0.15, 0.2) is 24.3 Å². The van der Waals surface area contributed by atoms with Crippen molar-refractivity contribution in [3.8, 4) is 0 Å². The van der Waals surface area contributed by atoms with Gasteiger partial charge in [-0.1, -0.05) is 18.2 Å². The van der Waals surface area contributed by atoms with Gasteiger partial charge in [0.1, 0.15) is 5.54 Å². The van der Waals surface area contributed by atoms with Crippen molar-refractivity contribution in [3.63, 3.8) is 0 Å². The number of carbonyl (C=O) groups excluding carboxylic acids is 1. The molecule has 90 valence electrons. The largest absolute Gasteiger partial charge is 0.464 e. The maximum atomic E-state index is 12.3. The summed E-state index contributed by atoms with van der Waals surface area (Å²) >= 11 is 0. The van der Waals surface area contributed by atoms with E-state index in [0.29, 0.717) is 6.61 Å². The Morgan fingerprint density at radius 3 is 3.12 bits per heavy atom. The topological polar surface area (TPSA) is 29.5 Å². The Morgan fingerprint density at radius 2 is 2.29 bits per heavy atom. The van der Waals surface area contributed by atoms with Crippen molar-refractivity contribution in [3.05, 3.63) is 29.8 Å². The summed E-state index contributed by atoms with van der Waals surface area (Å²) in [5, 5.41) is 0. The van der Waals surface area contributed by atoms with E-state index in [-0.39, 0.29) is 5.97 Å². The van der Waals surface area contributed by atoms with Crippen molar-refractivity contribution < 1.29 is 9.53 Å². The minimum absolute atomic E-state index is 0.0475. The zero-order chi connectivity index (χ0) is 11.9. The van der Waals surface area contributed by atoms with Gasteiger partial charge in [-0.3, -0.25) is 0 Å². The number of nitrogens with zero attached hydrogens (tertiary/aromatic N) is 1. The molecule has 0 radical (unpaired) electrons. The second kappa shape index (κ2) is 3.76. The molecule has 0 amide bonds. The Labute approximate surface area is 101 Å². The standard InChI is InChI=1S/C14H17NO2/c1-2-17-13(16)14-8-5-9-15(14)12-7-4-3-6-11(12)10-14/h3-4,6-7H,2,5,8-10H2,1H3. The molecule has 2 aliphatic rings. The van der Waals surface area contributed by atoms with Crippen LogP contribution in [0.2, 0.25) is 0 Å². The van der Waals surface area contributed by atoms with Gasteiger partial charge in [-0.05, 0) is 31.4 Å². The van der Waals surface area contributed by atoms with E-state index in [4.69, 9.17) is 4.74 Å². The number of anilines is 1. The second-order valence-corrected chi connectivity index (χ2v) is 4.81. The number of fused-ring (bicyclic) bond motifs is 3. The molecule has 0 bridgehead atoms. The van der Waals surface area contributed by atoms with E-state index in [1.807, 2.05) is 19.1 Å². The molecule has 0 saturated carbocycles. The zero-order valence-electron chi connectivity index (χ0n) is 10.1. The van der Waals surface area contributed by atoms with E-state index in [2.05, 4.69) is 17.0 Å². The van der Waals surface area contributed by atoms with Crippen LogP contribution in [0, 0.1) is 0 Å². The number of esters is 1. The van der Waals surface area contributed by atoms with Crippen molar-refractivity contribution in [2.75, 3.05) is 18.1 Å². The lowest BCUT2D eigenvalue weighted by Gasteiger charge is -2.31. The molecular formula is C14H17NO2. The third kappa shape index (κ3) is 1.38. The highest BCUT2D eigenvalue weighted by Crippen LogP contribution is 2.45. The SMILES string of the molecule is CCOC(=O)C12CCCN1c1ccccc1C2. The number of para-hydroxylation sites is 1. The van der Waals surface area contributed by atoms with Gasteiger partial charge in [-0.2, -0.15) is 0 Å². The molecule has 17 heavy (non-hydrogen) atoms. The fourth-order valence-corrected chi connectivity index (χ4v) is 3.20. The summed E-state index contributed by atoms with van der Waals surface area (Å²) < 4.78 is 5.28. The Morgan fingerprint density at radius 1 is 1.47 bits per heavy atom. The van der Waals surface area contributed by atoms with Gasteiger partial charge in [0.25, 0.3) is 0 Å². The summed E-state index contributed by atoms with van der Waals surface area (Å²) in [5.41, 5.74) is 2.10. The number of hydrogen-bond acceptors (Lipinski definition) is 3. The van der Waals surface area contributed by atoms with Crippen molar-refractivity contribution in [1.29, 1.82) is 0 Å². The summed E-state index contributed by atoms with van der Waals surface area (Å²) in [4.78, 5) is 14.5. The van der Waals surface area contributed by atoms with Gasteiger partial charge in [0.2, 0.25) is 0 Å². The molecular weight excluding hydrogens is 214 g/mol. The molecule has 0 aromatic heterocycles. The number of carbonyl (C=O) groups is 1. The maximum absolute atomic E-state index is 12.3. The van der Waals surface area contributed by atoms with Gasteiger partial charge >= 0.3 is 5.97 Å². The Hall–Kier alpha value is -1.51. The molecule has 0 N–H and O–H groups in total. The molecule has 2 aliphatic heterocycles. The molecule has 1 fully saturated rings. The number of ether oxygens (including phenoxy) is 1. The molecule has 2 heterocycles. The Kier molecular flexibility index (Phi) is 2.35. The lowest BCUT2D eigenvalue weighted by molar-refractivity contribution is -0.149. The summed E-state index contributed by atoms with van der Waals surface area (Å²) in [6.45, 7) is 3.30. The van der Waals surface area contributed by atoms with Crippen molar-refractivity contribution >= 4 is 11.7 Å². The van der Waals surface area contributed by atoms with Crippen LogP contribution in [0.5, 0.6) is 0 Å². The third-order valence-corrected chi connectivity index (χ3v) is 3.91. The monoisotopic (exact) mass is 231 g/mol. The number of hydrogen-bond donors (Lipinski definition) is 0. The maximum Gasteiger partial charge on any atom is 0.332 e. The van der Waals surface area contributed by atoms with Gasteiger partial charge in [0, 0.05) is 18.7 Å². The lowest BCUT2D eigenvalue weighted by atomic mass is 9.92. The van der Waals surface area contributed by atoms with Gasteiger partial charge < -0.3 is 9.64 Å². The van der Waals surface area contributed by atoms with E-state index in [9.17, 15) is 4.79 Å². The first kappa shape index (κ1) is 10.6. The van der Waals surface area contributed by atoms with Gasteiger partial charge in [0.05, 0.1) is 6.61 Å². The molecule has 1 aromatic carbocycles. The number of benzene rings is 1. The molecule has 3 rings (SSSR count).